The van der Waals surface area contributed by atoms with Crippen LogP contribution in [0.3, 0.4) is 0 Å². The van der Waals surface area contributed by atoms with Gasteiger partial charge in [-0.05, 0) is 18.3 Å². The Labute approximate surface area is 117 Å². The molecule has 0 heteroatoms. The molecule has 0 aliphatic rings. The topological polar surface area (TPSA) is 0 Å². The Morgan fingerprint density at radius 2 is 1.22 bits per heavy atom. The molecule has 0 saturated heterocycles. The van der Waals surface area contributed by atoms with E-state index in [-0.39, 0.29) is 0 Å². The van der Waals surface area contributed by atoms with Gasteiger partial charge in [-0.1, -0.05) is 98.3 Å². The van der Waals surface area contributed by atoms with Gasteiger partial charge in [0.2, 0.25) is 0 Å². The Morgan fingerprint density at radius 3 is 1.83 bits per heavy atom. The second-order valence-electron chi connectivity index (χ2n) is 6.34. The zero-order valence-electron chi connectivity index (χ0n) is 13.6. The molecule has 0 aromatic carbocycles. The maximum atomic E-state index is 2.48. The lowest BCUT2D eigenvalue weighted by molar-refractivity contribution is 0.321. The SMILES string of the molecule is CCCCCCC(C)CC(CCC)CCCCC. The molecule has 18 heavy (non-hydrogen) atoms. The van der Waals surface area contributed by atoms with Crippen LogP contribution in [-0.2, 0) is 0 Å². The maximum absolute atomic E-state index is 2.48. The largest absolute Gasteiger partial charge is 0.0654 e. The summed E-state index contributed by atoms with van der Waals surface area (Å²) in [7, 11) is 0. The zero-order valence-corrected chi connectivity index (χ0v) is 13.6. The van der Waals surface area contributed by atoms with Crippen molar-refractivity contribution in [1.82, 2.24) is 0 Å². The number of unbranched alkanes of at least 4 members (excludes halogenated alkanes) is 5. The van der Waals surface area contributed by atoms with Gasteiger partial charge in [0.25, 0.3) is 0 Å². The quantitative estimate of drug-likeness (QED) is 0.311. The van der Waals surface area contributed by atoms with Gasteiger partial charge in [-0.25, -0.2) is 0 Å². The van der Waals surface area contributed by atoms with Crippen LogP contribution >= 0.6 is 0 Å². The summed E-state index contributed by atoms with van der Waals surface area (Å²) in [5, 5.41) is 0. The van der Waals surface area contributed by atoms with E-state index in [9.17, 15) is 0 Å². The summed E-state index contributed by atoms with van der Waals surface area (Å²) >= 11 is 0. The van der Waals surface area contributed by atoms with E-state index in [4.69, 9.17) is 0 Å². The molecule has 0 radical (unpaired) electrons. The molecule has 0 heterocycles. The van der Waals surface area contributed by atoms with Crippen molar-refractivity contribution >= 4 is 0 Å². The molecule has 0 fully saturated rings. The number of hydrogen-bond donors (Lipinski definition) is 0. The summed E-state index contributed by atoms with van der Waals surface area (Å²) in [6.07, 6.45) is 17.3. The average Bonchev–Trinajstić information content (AvgIpc) is 2.35. The third-order valence-electron chi connectivity index (χ3n) is 4.20. The Morgan fingerprint density at radius 1 is 0.611 bits per heavy atom. The molecule has 0 aromatic heterocycles. The molecule has 2 unspecified atom stereocenters. The van der Waals surface area contributed by atoms with Crippen molar-refractivity contribution < 1.29 is 0 Å². The van der Waals surface area contributed by atoms with E-state index < -0.39 is 0 Å². The van der Waals surface area contributed by atoms with Gasteiger partial charge in [0.15, 0.2) is 0 Å². The van der Waals surface area contributed by atoms with Crippen molar-refractivity contribution in [2.45, 2.75) is 105 Å². The first-order valence-corrected chi connectivity index (χ1v) is 8.74. The van der Waals surface area contributed by atoms with Crippen molar-refractivity contribution in [2.24, 2.45) is 11.8 Å². The molecule has 0 aliphatic heterocycles. The molecule has 0 aromatic rings. The average molecular weight is 255 g/mol. The summed E-state index contributed by atoms with van der Waals surface area (Å²) in [6, 6.07) is 0. The maximum Gasteiger partial charge on any atom is -0.0412 e. The molecule has 0 spiro atoms. The van der Waals surface area contributed by atoms with Gasteiger partial charge in [0, 0.05) is 0 Å². The fourth-order valence-corrected chi connectivity index (χ4v) is 3.08. The highest BCUT2D eigenvalue weighted by atomic mass is 14.2. The molecule has 0 aliphatic carbocycles. The monoisotopic (exact) mass is 254 g/mol. The van der Waals surface area contributed by atoms with Crippen LogP contribution in [0.1, 0.15) is 105 Å². The number of hydrogen-bond acceptors (Lipinski definition) is 0. The first-order chi connectivity index (χ1) is 8.74. The van der Waals surface area contributed by atoms with Crippen LogP contribution in [-0.4, -0.2) is 0 Å². The summed E-state index contributed by atoms with van der Waals surface area (Å²) < 4.78 is 0. The van der Waals surface area contributed by atoms with Crippen LogP contribution < -0.4 is 0 Å². The lowest BCUT2D eigenvalue weighted by atomic mass is 9.86. The first kappa shape index (κ1) is 18.0. The third kappa shape index (κ3) is 11.1. The van der Waals surface area contributed by atoms with Gasteiger partial charge in [-0.15, -0.1) is 0 Å². The highest BCUT2D eigenvalue weighted by molar-refractivity contribution is 4.64. The van der Waals surface area contributed by atoms with Gasteiger partial charge in [0.05, 0.1) is 0 Å². The van der Waals surface area contributed by atoms with Gasteiger partial charge in [-0.3, -0.25) is 0 Å². The van der Waals surface area contributed by atoms with E-state index in [0.29, 0.717) is 0 Å². The lowest BCUT2D eigenvalue weighted by Gasteiger charge is -2.20. The normalized spacial score (nSPS) is 14.7. The van der Waals surface area contributed by atoms with Crippen LogP contribution in [0.25, 0.3) is 0 Å². The van der Waals surface area contributed by atoms with Crippen LogP contribution in [0, 0.1) is 11.8 Å². The molecule has 0 N–H and O–H groups in total. The van der Waals surface area contributed by atoms with Gasteiger partial charge in [-0.2, -0.15) is 0 Å². The summed E-state index contributed by atoms with van der Waals surface area (Å²) in [4.78, 5) is 0. The summed E-state index contributed by atoms with van der Waals surface area (Å²) in [5.41, 5.74) is 0. The Kier molecular flexibility index (Phi) is 13.4. The van der Waals surface area contributed by atoms with Crippen molar-refractivity contribution in [3.63, 3.8) is 0 Å². The van der Waals surface area contributed by atoms with Crippen LogP contribution in [0.2, 0.25) is 0 Å². The lowest BCUT2D eigenvalue weighted by Crippen LogP contribution is -2.07. The molecular weight excluding hydrogens is 216 g/mol. The second kappa shape index (κ2) is 13.4. The molecule has 0 rings (SSSR count). The molecule has 0 nitrogen and oxygen atoms in total. The van der Waals surface area contributed by atoms with E-state index >= 15 is 0 Å². The van der Waals surface area contributed by atoms with Crippen molar-refractivity contribution in [3.8, 4) is 0 Å². The smallest absolute Gasteiger partial charge is 0.0412 e. The van der Waals surface area contributed by atoms with E-state index in [0.717, 1.165) is 11.8 Å². The molecule has 0 saturated carbocycles. The third-order valence-corrected chi connectivity index (χ3v) is 4.20. The van der Waals surface area contributed by atoms with Crippen molar-refractivity contribution in [3.05, 3.63) is 0 Å². The highest BCUT2D eigenvalue weighted by Crippen LogP contribution is 2.26. The van der Waals surface area contributed by atoms with E-state index in [1.54, 1.807) is 0 Å². The van der Waals surface area contributed by atoms with E-state index in [1.807, 2.05) is 0 Å². The minimum atomic E-state index is 0.958. The van der Waals surface area contributed by atoms with Crippen LogP contribution in [0.4, 0.5) is 0 Å². The fourth-order valence-electron chi connectivity index (χ4n) is 3.08. The van der Waals surface area contributed by atoms with Crippen LogP contribution in [0.15, 0.2) is 0 Å². The molecule has 0 amide bonds. The van der Waals surface area contributed by atoms with Gasteiger partial charge < -0.3 is 0 Å². The van der Waals surface area contributed by atoms with Gasteiger partial charge >= 0.3 is 0 Å². The molecule has 0 bridgehead atoms. The van der Waals surface area contributed by atoms with Crippen molar-refractivity contribution in [1.29, 1.82) is 0 Å². The molecule has 2 atom stereocenters. The first-order valence-electron chi connectivity index (χ1n) is 8.74. The Hall–Kier alpha value is 0. The minimum Gasteiger partial charge on any atom is -0.0654 e. The fraction of sp³-hybridized carbons (Fsp3) is 1.00. The standard InChI is InChI=1S/C18H38/c1-5-8-10-12-14-17(4)16-18(13-7-3)15-11-9-6-2/h17-18H,5-16H2,1-4H3. The minimum absolute atomic E-state index is 0.958. The molecule has 110 valence electrons. The summed E-state index contributed by atoms with van der Waals surface area (Å²) in [6.45, 7) is 9.44. The number of rotatable bonds is 13. The highest BCUT2D eigenvalue weighted by Gasteiger charge is 2.12. The Bertz CT molecular complexity index is 150. The second-order valence-corrected chi connectivity index (χ2v) is 6.34. The predicted molar refractivity (Wildman–Crippen MR) is 85.1 cm³/mol. The van der Waals surface area contributed by atoms with E-state index in [2.05, 4.69) is 27.7 Å². The van der Waals surface area contributed by atoms with Gasteiger partial charge in [0.1, 0.15) is 0 Å². The zero-order chi connectivity index (χ0) is 13.6. The molecular formula is C18H38. The van der Waals surface area contributed by atoms with Crippen LogP contribution in [0.5, 0.6) is 0 Å². The van der Waals surface area contributed by atoms with E-state index in [1.165, 1.54) is 77.0 Å². The summed E-state index contributed by atoms with van der Waals surface area (Å²) in [5.74, 6) is 1.97. The predicted octanol–water partition coefficient (Wildman–Crippen LogP) is 6.98. The Balaban J connectivity index is 3.69. The van der Waals surface area contributed by atoms with Crippen molar-refractivity contribution in [2.75, 3.05) is 0 Å².